The van der Waals surface area contributed by atoms with Gasteiger partial charge in [-0.3, -0.25) is 0 Å². The normalized spacial score (nSPS) is 21.4. The first kappa shape index (κ1) is 16.4. The molecule has 0 amide bonds. The van der Waals surface area contributed by atoms with Crippen molar-refractivity contribution in [1.82, 2.24) is 10.2 Å². The van der Waals surface area contributed by atoms with Crippen LogP contribution in [0.5, 0.6) is 0 Å². The Balaban J connectivity index is 1.94. The van der Waals surface area contributed by atoms with Crippen molar-refractivity contribution in [1.29, 1.82) is 0 Å². The molecule has 1 heterocycles. The number of nitrogens with one attached hydrogen (secondary N) is 1. The molecule has 0 spiro atoms. The van der Waals surface area contributed by atoms with Gasteiger partial charge in [-0.05, 0) is 56.5 Å². The second-order valence-electron chi connectivity index (χ2n) is 6.04. The Kier molecular flexibility index (Phi) is 6.65. The van der Waals surface area contributed by atoms with E-state index in [1.807, 2.05) is 12.1 Å². The van der Waals surface area contributed by atoms with E-state index < -0.39 is 0 Å². The fraction of sp³-hybridized carbons (Fsp3) is 0.667. The van der Waals surface area contributed by atoms with E-state index in [2.05, 4.69) is 24.1 Å². The second-order valence-corrected chi connectivity index (χ2v) is 6.04. The van der Waals surface area contributed by atoms with Gasteiger partial charge in [0.2, 0.25) is 0 Å². The van der Waals surface area contributed by atoms with Gasteiger partial charge in [0.15, 0.2) is 0 Å². The van der Waals surface area contributed by atoms with E-state index in [-0.39, 0.29) is 5.82 Å². The molecule has 0 radical (unpaired) electrons. The summed E-state index contributed by atoms with van der Waals surface area (Å²) >= 11 is 0. The molecule has 1 fully saturated rings. The number of rotatable bonds is 7. The molecule has 118 valence electrons. The lowest BCUT2D eigenvalue weighted by atomic mass is 9.98. The van der Waals surface area contributed by atoms with E-state index in [1.165, 1.54) is 37.8 Å². The van der Waals surface area contributed by atoms with Crippen LogP contribution in [-0.2, 0) is 0 Å². The van der Waals surface area contributed by atoms with Crippen molar-refractivity contribution in [3.8, 4) is 0 Å². The van der Waals surface area contributed by atoms with E-state index in [9.17, 15) is 4.39 Å². The molecule has 1 aromatic carbocycles. The van der Waals surface area contributed by atoms with Crippen LogP contribution in [0.3, 0.4) is 0 Å². The fourth-order valence-electron chi connectivity index (χ4n) is 3.44. The topological polar surface area (TPSA) is 15.3 Å². The maximum atomic E-state index is 13.1. The maximum Gasteiger partial charge on any atom is 0.123 e. The number of halogens is 1. The van der Waals surface area contributed by atoms with Crippen LogP contribution in [0.4, 0.5) is 4.39 Å². The van der Waals surface area contributed by atoms with Crippen LogP contribution in [0.15, 0.2) is 24.3 Å². The lowest BCUT2D eigenvalue weighted by Crippen LogP contribution is -2.40. The molecule has 2 unspecified atom stereocenters. The van der Waals surface area contributed by atoms with Crippen molar-refractivity contribution < 1.29 is 4.39 Å². The molecule has 0 saturated carbocycles. The van der Waals surface area contributed by atoms with Gasteiger partial charge < -0.3 is 10.2 Å². The molecular weight excluding hydrogens is 263 g/mol. The number of hydrogen-bond acceptors (Lipinski definition) is 2. The van der Waals surface area contributed by atoms with Crippen LogP contribution in [0.1, 0.15) is 57.6 Å². The Labute approximate surface area is 128 Å². The summed E-state index contributed by atoms with van der Waals surface area (Å²) in [6, 6.07) is 8.04. The van der Waals surface area contributed by atoms with Gasteiger partial charge in [0.05, 0.1) is 0 Å². The van der Waals surface area contributed by atoms with E-state index >= 15 is 0 Å². The SMILES string of the molecule is CCNC(CCN1CCCCC1CC)c1ccc(F)cc1. The minimum absolute atomic E-state index is 0.156. The standard InChI is InChI=1S/C18H29FN2/c1-3-17-7-5-6-13-21(17)14-12-18(20-4-2)15-8-10-16(19)11-9-15/h8-11,17-18,20H,3-7,12-14H2,1-2H3. The third-order valence-electron chi connectivity index (χ3n) is 4.65. The molecule has 0 aromatic heterocycles. The summed E-state index contributed by atoms with van der Waals surface area (Å²) in [5, 5.41) is 3.54. The molecule has 2 atom stereocenters. The van der Waals surface area contributed by atoms with Crippen LogP contribution < -0.4 is 5.32 Å². The highest BCUT2D eigenvalue weighted by Gasteiger charge is 2.21. The van der Waals surface area contributed by atoms with Gasteiger partial charge in [0.25, 0.3) is 0 Å². The third kappa shape index (κ3) is 4.79. The monoisotopic (exact) mass is 292 g/mol. The molecule has 2 nitrogen and oxygen atoms in total. The first-order valence-electron chi connectivity index (χ1n) is 8.47. The summed E-state index contributed by atoms with van der Waals surface area (Å²) in [6.45, 7) is 7.74. The number of hydrogen-bond donors (Lipinski definition) is 1. The first-order chi connectivity index (χ1) is 10.2. The van der Waals surface area contributed by atoms with Crippen LogP contribution >= 0.6 is 0 Å². The molecule has 3 heteroatoms. The molecule has 1 aliphatic rings. The highest BCUT2D eigenvalue weighted by Crippen LogP contribution is 2.23. The highest BCUT2D eigenvalue weighted by molar-refractivity contribution is 5.20. The summed E-state index contributed by atoms with van der Waals surface area (Å²) in [7, 11) is 0. The highest BCUT2D eigenvalue weighted by atomic mass is 19.1. The summed E-state index contributed by atoms with van der Waals surface area (Å²) in [6.07, 6.45) is 6.40. The van der Waals surface area contributed by atoms with Crippen molar-refractivity contribution in [3.05, 3.63) is 35.6 Å². The molecule has 0 bridgehead atoms. The Hall–Kier alpha value is -0.930. The van der Waals surface area contributed by atoms with E-state index in [4.69, 9.17) is 0 Å². The van der Waals surface area contributed by atoms with Gasteiger partial charge in [-0.25, -0.2) is 4.39 Å². The minimum atomic E-state index is -0.156. The van der Waals surface area contributed by atoms with E-state index in [1.54, 1.807) is 12.1 Å². The van der Waals surface area contributed by atoms with Crippen LogP contribution in [0.2, 0.25) is 0 Å². The number of piperidine rings is 1. The average Bonchev–Trinajstić information content (AvgIpc) is 2.52. The third-order valence-corrected chi connectivity index (χ3v) is 4.65. The number of likely N-dealkylation sites (tertiary alicyclic amines) is 1. The molecule has 1 aromatic rings. The van der Waals surface area contributed by atoms with E-state index in [0.717, 1.165) is 25.6 Å². The largest absolute Gasteiger partial charge is 0.310 e. The zero-order valence-electron chi connectivity index (χ0n) is 13.4. The van der Waals surface area contributed by atoms with Crippen molar-refractivity contribution in [3.63, 3.8) is 0 Å². The lowest BCUT2D eigenvalue weighted by Gasteiger charge is -2.36. The van der Waals surface area contributed by atoms with Crippen molar-refractivity contribution in [2.45, 2.75) is 58.0 Å². The Morgan fingerprint density at radius 2 is 2.00 bits per heavy atom. The zero-order chi connectivity index (χ0) is 15.1. The van der Waals surface area contributed by atoms with Crippen LogP contribution in [0, 0.1) is 5.82 Å². The van der Waals surface area contributed by atoms with Crippen LogP contribution in [-0.4, -0.2) is 30.6 Å². The predicted molar refractivity (Wildman–Crippen MR) is 86.9 cm³/mol. The fourth-order valence-corrected chi connectivity index (χ4v) is 3.44. The number of benzene rings is 1. The van der Waals surface area contributed by atoms with Gasteiger partial charge in [0.1, 0.15) is 5.82 Å². The summed E-state index contributed by atoms with van der Waals surface area (Å²) in [5.74, 6) is -0.156. The zero-order valence-corrected chi connectivity index (χ0v) is 13.4. The molecule has 1 N–H and O–H groups in total. The lowest BCUT2D eigenvalue weighted by molar-refractivity contribution is 0.137. The number of nitrogens with zero attached hydrogens (tertiary/aromatic N) is 1. The molecule has 1 saturated heterocycles. The van der Waals surface area contributed by atoms with Crippen LogP contribution in [0.25, 0.3) is 0 Å². The van der Waals surface area contributed by atoms with Gasteiger partial charge in [-0.15, -0.1) is 0 Å². The molecule has 0 aliphatic carbocycles. The predicted octanol–water partition coefficient (Wildman–Crippen LogP) is 4.13. The van der Waals surface area contributed by atoms with Gasteiger partial charge in [0, 0.05) is 18.6 Å². The smallest absolute Gasteiger partial charge is 0.123 e. The minimum Gasteiger partial charge on any atom is -0.310 e. The molecule has 1 aliphatic heterocycles. The Morgan fingerprint density at radius 3 is 2.67 bits per heavy atom. The van der Waals surface area contributed by atoms with Gasteiger partial charge in [-0.2, -0.15) is 0 Å². The summed E-state index contributed by atoms with van der Waals surface area (Å²) < 4.78 is 13.1. The van der Waals surface area contributed by atoms with Crippen molar-refractivity contribution >= 4 is 0 Å². The van der Waals surface area contributed by atoms with Crippen molar-refractivity contribution in [2.24, 2.45) is 0 Å². The maximum absolute atomic E-state index is 13.1. The Morgan fingerprint density at radius 1 is 1.24 bits per heavy atom. The van der Waals surface area contributed by atoms with Gasteiger partial charge >= 0.3 is 0 Å². The first-order valence-corrected chi connectivity index (χ1v) is 8.47. The Bertz CT molecular complexity index is 404. The second kappa shape index (κ2) is 8.50. The quantitative estimate of drug-likeness (QED) is 0.813. The van der Waals surface area contributed by atoms with Crippen molar-refractivity contribution in [2.75, 3.05) is 19.6 Å². The van der Waals surface area contributed by atoms with E-state index in [0.29, 0.717) is 6.04 Å². The molecular formula is C18H29FN2. The van der Waals surface area contributed by atoms with Gasteiger partial charge in [-0.1, -0.05) is 32.4 Å². The average molecular weight is 292 g/mol. The summed E-state index contributed by atoms with van der Waals surface area (Å²) in [5.41, 5.74) is 1.20. The molecule has 2 rings (SSSR count). The summed E-state index contributed by atoms with van der Waals surface area (Å²) in [4.78, 5) is 2.65. The molecule has 21 heavy (non-hydrogen) atoms.